The summed E-state index contributed by atoms with van der Waals surface area (Å²) in [5.74, 6) is 0.0845. The van der Waals surface area contributed by atoms with Crippen molar-refractivity contribution >= 4 is 34.1 Å². The van der Waals surface area contributed by atoms with Crippen LogP contribution in [-0.2, 0) is 4.79 Å². The summed E-state index contributed by atoms with van der Waals surface area (Å²) in [4.78, 5) is 13.2. The Kier molecular flexibility index (Phi) is 4.34. The number of carbonyl (C=O) groups excluding carboxylic acids is 1. The molecule has 1 atom stereocenters. The van der Waals surface area contributed by atoms with Gasteiger partial charge in [0.1, 0.15) is 0 Å². The van der Waals surface area contributed by atoms with Crippen LogP contribution in [0.25, 0.3) is 0 Å². The molecule has 1 rings (SSSR count). The number of thioether (sulfide) groups is 1. The minimum Gasteiger partial charge on any atom is -0.363 e. The lowest BCUT2D eigenvalue weighted by Gasteiger charge is -2.14. The molecule has 0 bridgehead atoms. The summed E-state index contributed by atoms with van der Waals surface area (Å²) in [6.07, 6.45) is 0. The third-order valence-corrected chi connectivity index (χ3v) is 3.80. The molecule has 0 aromatic carbocycles. The largest absolute Gasteiger partial charge is 0.363 e. The van der Waals surface area contributed by atoms with Gasteiger partial charge in [0.2, 0.25) is 11.0 Å². The minimum atomic E-state index is -0.127. The van der Waals surface area contributed by atoms with Gasteiger partial charge >= 0.3 is 0 Å². The van der Waals surface area contributed by atoms with Crippen molar-refractivity contribution in [1.82, 2.24) is 15.1 Å². The highest BCUT2D eigenvalue weighted by molar-refractivity contribution is 8.02. The predicted octanol–water partition coefficient (Wildman–Crippen LogP) is 1.15. The van der Waals surface area contributed by atoms with Crippen LogP contribution in [0.15, 0.2) is 4.34 Å². The van der Waals surface area contributed by atoms with E-state index in [2.05, 4.69) is 15.5 Å². The number of carbonyl (C=O) groups is 1. The van der Waals surface area contributed by atoms with Gasteiger partial charge in [-0.1, -0.05) is 23.1 Å². The molecule has 0 aliphatic rings. The van der Waals surface area contributed by atoms with Gasteiger partial charge in [-0.15, -0.1) is 10.2 Å². The van der Waals surface area contributed by atoms with Gasteiger partial charge in [-0.25, -0.2) is 0 Å². The predicted molar refractivity (Wildman–Crippen MR) is 63.5 cm³/mol. The van der Waals surface area contributed by atoms with E-state index in [1.165, 1.54) is 23.1 Å². The number of anilines is 1. The molecule has 0 aliphatic heterocycles. The Morgan fingerprint density at radius 1 is 1.53 bits per heavy atom. The lowest BCUT2D eigenvalue weighted by atomic mass is 10.4. The molecule has 1 aromatic heterocycles. The van der Waals surface area contributed by atoms with Crippen molar-refractivity contribution in [2.45, 2.75) is 16.5 Å². The van der Waals surface area contributed by atoms with Crippen molar-refractivity contribution in [1.29, 1.82) is 0 Å². The van der Waals surface area contributed by atoms with Crippen LogP contribution in [0.4, 0.5) is 5.13 Å². The minimum absolute atomic E-state index is 0.0845. The number of hydrogen-bond acceptors (Lipinski definition) is 6. The molecule has 0 aliphatic carbocycles. The van der Waals surface area contributed by atoms with Gasteiger partial charge in [-0.3, -0.25) is 4.79 Å². The van der Waals surface area contributed by atoms with Crippen molar-refractivity contribution in [2.75, 3.05) is 26.5 Å². The van der Waals surface area contributed by atoms with Gasteiger partial charge in [0, 0.05) is 21.1 Å². The zero-order valence-corrected chi connectivity index (χ0v) is 10.8. The molecule has 1 heterocycles. The van der Waals surface area contributed by atoms with Crippen LogP contribution in [0.1, 0.15) is 6.92 Å². The number of amides is 1. The monoisotopic (exact) mass is 246 g/mol. The summed E-state index contributed by atoms with van der Waals surface area (Å²) >= 11 is 2.88. The molecular formula is C8H14N4OS2. The summed E-state index contributed by atoms with van der Waals surface area (Å²) in [7, 11) is 5.29. The summed E-state index contributed by atoms with van der Waals surface area (Å²) < 4.78 is 0.807. The van der Waals surface area contributed by atoms with Crippen LogP contribution in [0, 0.1) is 0 Å². The first-order valence-electron chi connectivity index (χ1n) is 4.43. The average molecular weight is 246 g/mol. The topological polar surface area (TPSA) is 58.1 Å². The fourth-order valence-electron chi connectivity index (χ4n) is 0.924. The van der Waals surface area contributed by atoms with Crippen LogP contribution in [0.2, 0.25) is 0 Å². The van der Waals surface area contributed by atoms with E-state index >= 15 is 0 Å². The fraction of sp³-hybridized carbons (Fsp3) is 0.625. The second-order valence-corrected chi connectivity index (χ2v) is 5.68. The molecule has 15 heavy (non-hydrogen) atoms. The highest BCUT2D eigenvalue weighted by Crippen LogP contribution is 2.28. The number of nitrogens with zero attached hydrogens (tertiary/aromatic N) is 3. The van der Waals surface area contributed by atoms with Gasteiger partial charge in [-0.2, -0.15) is 0 Å². The van der Waals surface area contributed by atoms with Crippen LogP contribution < -0.4 is 5.32 Å². The van der Waals surface area contributed by atoms with E-state index in [4.69, 9.17) is 0 Å². The highest BCUT2D eigenvalue weighted by atomic mass is 32.2. The fourth-order valence-corrected chi connectivity index (χ4v) is 2.92. The lowest BCUT2D eigenvalue weighted by molar-refractivity contribution is -0.127. The molecule has 0 radical (unpaired) electrons. The summed E-state index contributed by atoms with van der Waals surface area (Å²) in [5, 5.41) is 11.4. The summed E-state index contributed by atoms with van der Waals surface area (Å²) in [6, 6.07) is 0. The normalized spacial score (nSPS) is 12.3. The summed E-state index contributed by atoms with van der Waals surface area (Å²) in [5.41, 5.74) is 0. The van der Waals surface area contributed by atoms with Gasteiger partial charge in [0.15, 0.2) is 4.34 Å². The van der Waals surface area contributed by atoms with Gasteiger partial charge in [0.05, 0.1) is 5.25 Å². The van der Waals surface area contributed by atoms with Crippen molar-refractivity contribution in [2.24, 2.45) is 0 Å². The van der Waals surface area contributed by atoms with Crippen LogP contribution in [-0.4, -0.2) is 47.4 Å². The van der Waals surface area contributed by atoms with E-state index in [0.29, 0.717) is 0 Å². The average Bonchev–Trinajstić information content (AvgIpc) is 2.64. The molecule has 0 spiro atoms. The van der Waals surface area contributed by atoms with Crippen LogP contribution >= 0.6 is 23.1 Å². The Morgan fingerprint density at radius 2 is 2.20 bits per heavy atom. The van der Waals surface area contributed by atoms with E-state index in [1.54, 1.807) is 26.0 Å². The maximum Gasteiger partial charge on any atom is 0.235 e. The standard InChI is InChI=1S/C8H14N4OS2/c1-5(6(13)12(3)4)14-8-11-10-7(9-2)15-8/h5H,1-4H3,(H,9,10). The Balaban J connectivity index is 2.58. The van der Waals surface area contributed by atoms with E-state index in [9.17, 15) is 4.79 Å². The van der Waals surface area contributed by atoms with E-state index in [-0.39, 0.29) is 11.2 Å². The number of nitrogens with one attached hydrogen (secondary N) is 1. The Labute approximate surface area is 97.3 Å². The maximum atomic E-state index is 11.6. The first-order valence-corrected chi connectivity index (χ1v) is 6.13. The van der Waals surface area contributed by atoms with Gasteiger partial charge < -0.3 is 10.2 Å². The highest BCUT2D eigenvalue weighted by Gasteiger charge is 2.18. The molecule has 84 valence electrons. The van der Waals surface area contributed by atoms with Crippen LogP contribution in [0.5, 0.6) is 0 Å². The summed E-state index contributed by atoms with van der Waals surface area (Å²) in [6.45, 7) is 1.87. The van der Waals surface area contributed by atoms with Gasteiger partial charge in [0.25, 0.3) is 0 Å². The second-order valence-electron chi connectivity index (χ2n) is 3.12. The van der Waals surface area contributed by atoms with Crippen molar-refractivity contribution in [3.8, 4) is 0 Å². The quantitative estimate of drug-likeness (QED) is 0.808. The lowest BCUT2D eigenvalue weighted by Crippen LogP contribution is -2.29. The molecule has 1 amide bonds. The first kappa shape index (κ1) is 12.3. The molecular weight excluding hydrogens is 232 g/mol. The Morgan fingerprint density at radius 3 is 2.67 bits per heavy atom. The molecule has 5 nitrogen and oxygen atoms in total. The molecule has 0 fully saturated rings. The van der Waals surface area contributed by atoms with Crippen molar-refractivity contribution in [3.05, 3.63) is 0 Å². The van der Waals surface area contributed by atoms with Crippen LogP contribution in [0.3, 0.4) is 0 Å². The number of aromatic nitrogens is 2. The smallest absolute Gasteiger partial charge is 0.235 e. The third-order valence-electron chi connectivity index (χ3n) is 1.69. The zero-order valence-electron chi connectivity index (χ0n) is 9.14. The Hall–Kier alpha value is -0.820. The Bertz CT molecular complexity index is 339. The first-order chi connectivity index (χ1) is 7.04. The van der Waals surface area contributed by atoms with E-state index < -0.39 is 0 Å². The molecule has 7 heteroatoms. The second kappa shape index (κ2) is 5.32. The molecule has 1 N–H and O–H groups in total. The van der Waals surface area contributed by atoms with Crippen molar-refractivity contribution in [3.63, 3.8) is 0 Å². The SMILES string of the molecule is CNc1nnc(SC(C)C(=O)N(C)C)s1. The molecule has 0 saturated carbocycles. The van der Waals surface area contributed by atoms with E-state index in [0.717, 1.165) is 9.47 Å². The maximum absolute atomic E-state index is 11.6. The third kappa shape index (κ3) is 3.35. The molecule has 0 saturated heterocycles. The van der Waals surface area contributed by atoms with Gasteiger partial charge in [-0.05, 0) is 6.92 Å². The molecule has 1 unspecified atom stereocenters. The van der Waals surface area contributed by atoms with E-state index in [1.807, 2.05) is 6.92 Å². The number of hydrogen-bond donors (Lipinski definition) is 1. The zero-order chi connectivity index (χ0) is 11.4. The number of rotatable bonds is 4. The van der Waals surface area contributed by atoms with Crippen molar-refractivity contribution < 1.29 is 4.79 Å². The molecule has 1 aromatic rings.